The number of aliphatic hydroxyl groups excluding tert-OH is 3. The van der Waals surface area contributed by atoms with Gasteiger partial charge in [-0.1, -0.05) is 0 Å². The second-order valence-electron chi connectivity index (χ2n) is 3.77. The fraction of sp³-hybridized carbons (Fsp3) is 0.556. The highest BCUT2D eigenvalue weighted by molar-refractivity contribution is 5.23. The maximum absolute atomic E-state index is 11.5. The molecule has 8 heteroatoms. The Kier molecular flexibility index (Phi) is 3.11. The molecule has 4 atom stereocenters. The average Bonchev–Trinajstić information content (AvgIpc) is 2.57. The average molecular weight is 243 g/mol. The van der Waals surface area contributed by atoms with Gasteiger partial charge in [0.2, 0.25) is 0 Å². The minimum Gasteiger partial charge on any atom is -0.394 e. The number of nitrogens with two attached hydrogens (primary N) is 1. The highest BCUT2D eigenvalue weighted by Gasteiger charge is 2.43. The number of hydrogen-bond donors (Lipinski definition) is 4. The van der Waals surface area contributed by atoms with Crippen molar-refractivity contribution in [2.45, 2.75) is 24.5 Å². The first-order valence-corrected chi connectivity index (χ1v) is 5.01. The van der Waals surface area contributed by atoms with Gasteiger partial charge in [0.25, 0.3) is 0 Å². The number of aliphatic hydroxyl groups is 3. The Hall–Kier alpha value is -1.48. The Morgan fingerprint density at radius 2 is 2.18 bits per heavy atom. The largest absolute Gasteiger partial charge is 0.394 e. The summed E-state index contributed by atoms with van der Waals surface area (Å²) in [6.45, 7) is -0.453. The first-order chi connectivity index (χ1) is 8.04. The van der Waals surface area contributed by atoms with Crippen molar-refractivity contribution in [3.8, 4) is 0 Å². The standard InChI is InChI=1S/C9H13N3O5/c10-5-1-2-12(9(16)11-5)8-7(15)6(14)4(3-13)17-8/h1-2,4,6-8,13-15H,3H2,(H2,10,11,16)/t4-,6+,7+,8+/m0/s1. The number of aromatic nitrogens is 2. The third kappa shape index (κ3) is 2.03. The molecular formula is C9H13N3O5. The van der Waals surface area contributed by atoms with Crippen LogP contribution in [0.25, 0.3) is 0 Å². The van der Waals surface area contributed by atoms with E-state index in [2.05, 4.69) is 4.98 Å². The Morgan fingerprint density at radius 3 is 2.71 bits per heavy atom. The Balaban J connectivity index is 2.32. The van der Waals surface area contributed by atoms with Crippen molar-refractivity contribution >= 4 is 5.82 Å². The van der Waals surface area contributed by atoms with Crippen molar-refractivity contribution in [2.75, 3.05) is 12.3 Å². The summed E-state index contributed by atoms with van der Waals surface area (Å²) in [5.74, 6) is 0.0537. The smallest absolute Gasteiger partial charge is 0.351 e. The predicted molar refractivity (Wildman–Crippen MR) is 55.9 cm³/mol. The van der Waals surface area contributed by atoms with Gasteiger partial charge in [-0.15, -0.1) is 0 Å². The molecule has 0 amide bonds. The zero-order valence-corrected chi connectivity index (χ0v) is 8.80. The lowest BCUT2D eigenvalue weighted by Crippen LogP contribution is -2.36. The molecule has 1 aliphatic heterocycles. The number of rotatable bonds is 2. The molecule has 17 heavy (non-hydrogen) atoms. The fourth-order valence-electron chi connectivity index (χ4n) is 1.73. The van der Waals surface area contributed by atoms with E-state index in [1.165, 1.54) is 12.3 Å². The molecule has 1 aliphatic rings. The molecule has 1 fully saturated rings. The van der Waals surface area contributed by atoms with E-state index in [0.717, 1.165) is 4.57 Å². The molecule has 94 valence electrons. The van der Waals surface area contributed by atoms with Crippen molar-refractivity contribution in [2.24, 2.45) is 0 Å². The maximum Gasteiger partial charge on any atom is 0.351 e. The molecule has 0 saturated carbocycles. The minimum absolute atomic E-state index is 0.0537. The molecule has 8 nitrogen and oxygen atoms in total. The second-order valence-corrected chi connectivity index (χ2v) is 3.77. The van der Waals surface area contributed by atoms with Crippen LogP contribution < -0.4 is 11.4 Å². The Bertz CT molecular complexity index is 462. The summed E-state index contributed by atoms with van der Waals surface area (Å²) >= 11 is 0. The van der Waals surface area contributed by atoms with Crippen LogP contribution in [0.5, 0.6) is 0 Å². The zero-order valence-electron chi connectivity index (χ0n) is 8.80. The van der Waals surface area contributed by atoms with Gasteiger partial charge >= 0.3 is 5.69 Å². The van der Waals surface area contributed by atoms with E-state index in [9.17, 15) is 15.0 Å². The van der Waals surface area contributed by atoms with E-state index in [-0.39, 0.29) is 5.82 Å². The number of nitrogen functional groups attached to an aromatic ring is 1. The van der Waals surface area contributed by atoms with E-state index in [0.29, 0.717) is 0 Å². The van der Waals surface area contributed by atoms with Crippen LogP contribution in [-0.4, -0.2) is 49.8 Å². The molecule has 0 bridgehead atoms. The fourth-order valence-corrected chi connectivity index (χ4v) is 1.73. The molecule has 1 saturated heterocycles. The van der Waals surface area contributed by atoms with E-state index in [4.69, 9.17) is 15.6 Å². The van der Waals surface area contributed by atoms with E-state index in [1.54, 1.807) is 0 Å². The van der Waals surface area contributed by atoms with Crippen molar-refractivity contribution < 1.29 is 20.1 Å². The number of anilines is 1. The van der Waals surface area contributed by atoms with E-state index >= 15 is 0 Å². The van der Waals surface area contributed by atoms with Crippen LogP contribution in [-0.2, 0) is 4.74 Å². The normalized spacial score (nSPS) is 32.9. The summed E-state index contributed by atoms with van der Waals surface area (Å²) in [5, 5.41) is 28.2. The van der Waals surface area contributed by atoms with Crippen molar-refractivity contribution in [1.82, 2.24) is 9.55 Å². The van der Waals surface area contributed by atoms with Gasteiger partial charge in [0, 0.05) is 6.20 Å². The number of nitrogens with zero attached hydrogens (tertiary/aromatic N) is 2. The zero-order chi connectivity index (χ0) is 12.6. The molecule has 2 rings (SSSR count). The van der Waals surface area contributed by atoms with Gasteiger partial charge in [-0.25, -0.2) is 4.79 Å². The van der Waals surface area contributed by atoms with Gasteiger partial charge in [0.05, 0.1) is 6.61 Å². The minimum atomic E-state index is -1.31. The van der Waals surface area contributed by atoms with Gasteiger partial charge in [0.15, 0.2) is 6.23 Å². The van der Waals surface area contributed by atoms with Crippen LogP contribution >= 0.6 is 0 Å². The van der Waals surface area contributed by atoms with Gasteiger partial charge in [-0.05, 0) is 6.07 Å². The van der Waals surface area contributed by atoms with Crippen LogP contribution in [0.4, 0.5) is 5.82 Å². The van der Waals surface area contributed by atoms with Gasteiger partial charge in [0.1, 0.15) is 24.1 Å². The second kappa shape index (κ2) is 4.41. The topological polar surface area (TPSA) is 131 Å². The molecule has 0 unspecified atom stereocenters. The van der Waals surface area contributed by atoms with Crippen molar-refractivity contribution in [3.05, 3.63) is 22.7 Å². The summed E-state index contributed by atoms with van der Waals surface area (Å²) in [6, 6.07) is 1.37. The molecule has 1 aromatic rings. The molecule has 2 heterocycles. The first kappa shape index (κ1) is 12.0. The van der Waals surface area contributed by atoms with Gasteiger partial charge in [-0.2, -0.15) is 4.98 Å². The molecule has 0 radical (unpaired) electrons. The Morgan fingerprint density at radius 1 is 1.47 bits per heavy atom. The number of ether oxygens (including phenoxy) is 1. The van der Waals surface area contributed by atoms with Crippen molar-refractivity contribution in [3.63, 3.8) is 0 Å². The molecule has 5 N–H and O–H groups in total. The van der Waals surface area contributed by atoms with Crippen molar-refractivity contribution in [1.29, 1.82) is 0 Å². The summed E-state index contributed by atoms with van der Waals surface area (Å²) < 4.78 is 6.19. The summed E-state index contributed by atoms with van der Waals surface area (Å²) in [4.78, 5) is 15.0. The molecular weight excluding hydrogens is 230 g/mol. The lowest BCUT2D eigenvalue weighted by Gasteiger charge is -2.16. The summed E-state index contributed by atoms with van der Waals surface area (Å²) in [5.41, 5.74) is 4.63. The van der Waals surface area contributed by atoms with E-state index < -0.39 is 36.8 Å². The monoisotopic (exact) mass is 243 g/mol. The SMILES string of the molecule is Nc1ccn([C@@H]2O[C@@H](CO)[C@@H](O)[C@H]2O)c(=O)n1. The van der Waals surface area contributed by atoms with Crippen LogP contribution in [0.3, 0.4) is 0 Å². The quantitative estimate of drug-likeness (QED) is 0.449. The predicted octanol–water partition coefficient (Wildman–Crippen LogP) is -2.56. The first-order valence-electron chi connectivity index (χ1n) is 5.01. The lowest BCUT2D eigenvalue weighted by atomic mass is 10.1. The summed E-state index contributed by atoms with van der Waals surface area (Å²) in [7, 11) is 0. The van der Waals surface area contributed by atoms with E-state index in [1.807, 2.05) is 0 Å². The Labute approximate surface area is 95.9 Å². The van der Waals surface area contributed by atoms with Gasteiger partial charge < -0.3 is 25.8 Å². The van der Waals surface area contributed by atoms with Crippen LogP contribution in [0.1, 0.15) is 6.23 Å². The number of hydrogen-bond acceptors (Lipinski definition) is 7. The summed E-state index contributed by atoms with van der Waals surface area (Å²) in [6.07, 6.45) is -3.27. The van der Waals surface area contributed by atoms with Crippen LogP contribution in [0, 0.1) is 0 Å². The maximum atomic E-state index is 11.5. The molecule has 1 aromatic heterocycles. The molecule has 0 spiro atoms. The highest BCUT2D eigenvalue weighted by Crippen LogP contribution is 2.27. The third-order valence-corrected chi connectivity index (χ3v) is 2.64. The molecule has 0 aliphatic carbocycles. The van der Waals surface area contributed by atoms with Crippen LogP contribution in [0.15, 0.2) is 17.1 Å². The van der Waals surface area contributed by atoms with Gasteiger partial charge in [-0.3, -0.25) is 4.57 Å². The molecule has 0 aromatic carbocycles. The third-order valence-electron chi connectivity index (χ3n) is 2.64. The lowest BCUT2D eigenvalue weighted by molar-refractivity contribution is -0.0549. The highest BCUT2D eigenvalue weighted by atomic mass is 16.6. The van der Waals surface area contributed by atoms with Crippen LogP contribution in [0.2, 0.25) is 0 Å².